The zero-order valence-electron chi connectivity index (χ0n) is 14.9. The molecule has 1 amide bonds. The number of hydrogen-bond donors (Lipinski definition) is 1. The molecule has 0 bridgehead atoms. The highest BCUT2D eigenvalue weighted by molar-refractivity contribution is 9.10. The van der Waals surface area contributed by atoms with Crippen LogP contribution in [0, 0.1) is 0 Å². The summed E-state index contributed by atoms with van der Waals surface area (Å²) in [5.74, 6) is 0.613. The Bertz CT molecular complexity index is 1070. The fourth-order valence-corrected chi connectivity index (χ4v) is 3.83. The highest BCUT2D eigenvalue weighted by Gasteiger charge is 2.24. The first-order valence-electron chi connectivity index (χ1n) is 8.49. The highest BCUT2D eigenvalue weighted by Crippen LogP contribution is 2.29. The molecule has 0 radical (unpaired) electrons. The summed E-state index contributed by atoms with van der Waals surface area (Å²) in [5.41, 5.74) is 2.70. The predicted octanol–water partition coefficient (Wildman–Crippen LogP) is 5.14. The van der Waals surface area contributed by atoms with Gasteiger partial charge in [-0.2, -0.15) is 0 Å². The molecule has 0 spiro atoms. The molecule has 2 aromatic carbocycles. The molecular weight excluding hydrogens is 438 g/mol. The Kier molecular flexibility index (Phi) is 5.36. The molecule has 7 heteroatoms. The molecule has 1 aliphatic rings. The van der Waals surface area contributed by atoms with Gasteiger partial charge in [-0.3, -0.25) is 4.79 Å². The second kappa shape index (κ2) is 8.08. The number of thioether (sulfide) groups is 1. The first-order valence-corrected chi connectivity index (χ1v) is 10.1. The van der Waals surface area contributed by atoms with Gasteiger partial charge in [0, 0.05) is 22.1 Å². The third-order valence-electron chi connectivity index (χ3n) is 4.12. The largest absolute Gasteiger partial charge is 0.497 e. The third kappa shape index (κ3) is 4.05. The van der Waals surface area contributed by atoms with Gasteiger partial charge in [-0.25, -0.2) is 4.99 Å². The lowest BCUT2D eigenvalue weighted by Crippen LogP contribution is -2.19. The van der Waals surface area contributed by atoms with Gasteiger partial charge < -0.3 is 14.6 Å². The number of ether oxygens (including phenoxy) is 1. The maximum absolute atomic E-state index is 12.4. The van der Waals surface area contributed by atoms with E-state index in [1.165, 1.54) is 11.8 Å². The minimum absolute atomic E-state index is 0.152. The lowest BCUT2D eigenvalue weighted by molar-refractivity contribution is -0.115. The fourth-order valence-electron chi connectivity index (χ4n) is 2.74. The Morgan fingerprint density at radius 3 is 2.57 bits per heavy atom. The Labute approximate surface area is 175 Å². The van der Waals surface area contributed by atoms with Gasteiger partial charge in [-0.1, -0.05) is 15.9 Å². The monoisotopic (exact) mass is 453 g/mol. The van der Waals surface area contributed by atoms with Crippen molar-refractivity contribution < 1.29 is 9.53 Å². The summed E-state index contributed by atoms with van der Waals surface area (Å²) in [7, 11) is 1.62. The minimum Gasteiger partial charge on any atom is -0.497 e. The van der Waals surface area contributed by atoms with Crippen LogP contribution in [0.5, 0.6) is 5.75 Å². The summed E-state index contributed by atoms with van der Waals surface area (Å²) in [6, 6.07) is 19.3. The van der Waals surface area contributed by atoms with E-state index in [0.717, 1.165) is 27.3 Å². The van der Waals surface area contributed by atoms with Crippen LogP contribution in [0.4, 0.5) is 5.69 Å². The third-order valence-corrected chi connectivity index (χ3v) is 5.56. The second-order valence-electron chi connectivity index (χ2n) is 5.96. The van der Waals surface area contributed by atoms with Gasteiger partial charge in [-0.15, -0.1) is 0 Å². The first-order chi connectivity index (χ1) is 13.6. The zero-order chi connectivity index (χ0) is 19.5. The number of methoxy groups -OCH3 is 1. The van der Waals surface area contributed by atoms with Gasteiger partial charge >= 0.3 is 0 Å². The van der Waals surface area contributed by atoms with E-state index in [2.05, 4.69) is 26.2 Å². The van der Waals surface area contributed by atoms with E-state index in [4.69, 9.17) is 4.74 Å². The first kappa shape index (κ1) is 18.6. The number of hydrogen-bond acceptors (Lipinski definition) is 4. The molecule has 0 unspecified atom stereocenters. The Morgan fingerprint density at radius 1 is 1.11 bits per heavy atom. The van der Waals surface area contributed by atoms with E-state index in [1.54, 1.807) is 7.11 Å². The molecule has 1 aliphatic heterocycles. The number of aromatic nitrogens is 1. The molecule has 1 fully saturated rings. The van der Waals surface area contributed by atoms with Gasteiger partial charge in [0.1, 0.15) is 5.75 Å². The van der Waals surface area contributed by atoms with Crippen LogP contribution in [-0.4, -0.2) is 22.8 Å². The van der Waals surface area contributed by atoms with Gasteiger partial charge in [0.05, 0.1) is 17.7 Å². The predicted molar refractivity (Wildman–Crippen MR) is 117 cm³/mol. The van der Waals surface area contributed by atoms with Crippen molar-refractivity contribution in [3.05, 3.63) is 81.9 Å². The van der Waals surface area contributed by atoms with Crippen LogP contribution in [0.15, 0.2) is 81.2 Å². The molecule has 1 aromatic heterocycles. The smallest absolute Gasteiger partial charge is 0.264 e. The molecule has 4 rings (SSSR count). The lowest BCUT2D eigenvalue weighted by atomic mass is 10.3. The average molecular weight is 454 g/mol. The van der Waals surface area contributed by atoms with Crippen molar-refractivity contribution in [2.45, 2.75) is 0 Å². The van der Waals surface area contributed by atoms with Gasteiger partial charge in [0.25, 0.3) is 5.91 Å². The summed E-state index contributed by atoms with van der Waals surface area (Å²) < 4.78 is 8.20. The van der Waals surface area contributed by atoms with Crippen LogP contribution in [0.2, 0.25) is 0 Å². The second-order valence-corrected chi connectivity index (χ2v) is 7.91. The highest BCUT2D eigenvalue weighted by atomic mass is 79.9. The SMILES string of the molecule is COc1ccc(N=C2NC(=O)/C(=C\c3cccn3-c3ccc(Br)cc3)S2)cc1. The number of halogens is 1. The van der Waals surface area contributed by atoms with Crippen molar-refractivity contribution in [2.24, 2.45) is 4.99 Å². The number of carbonyl (C=O) groups is 1. The van der Waals surface area contributed by atoms with Gasteiger partial charge in [-0.05, 0) is 78.5 Å². The maximum atomic E-state index is 12.4. The summed E-state index contributed by atoms with van der Waals surface area (Å²) in [5, 5.41) is 3.38. The van der Waals surface area contributed by atoms with Crippen LogP contribution in [0.1, 0.15) is 5.69 Å². The number of nitrogens with zero attached hydrogens (tertiary/aromatic N) is 2. The molecular formula is C21H16BrN3O2S. The van der Waals surface area contributed by atoms with Crippen LogP contribution in [0.3, 0.4) is 0 Å². The van der Waals surface area contributed by atoms with Crippen molar-refractivity contribution in [3.8, 4) is 11.4 Å². The Balaban J connectivity index is 1.58. The van der Waals surface area contributed by atoms with Crippen molar-refractivity contribution >= 4 is 50.5 Å². The molecule has 1 N–H and O–H groups in total. The Morgan fingerprint density at radius 2 is 1.86 bits per heavy atom. The van der Waals surface area contributed by atoms with Crippen LogP contribution in [0.25, 0.3) is 11.8 Å². The molecule has 0 atom stereocenters. The standard InChI is InChI=1S/C21H16BrN3O2S/c1-27-18-10-6-15(7-11-18)23-21-24-20(26)19(28-21)13-17-3-2-12-25(17)16-8-4-14(22)5-9-16/h2-13H,1H3,(H,23,24,26)/b19-13+. The summed E-state index contributed by atoms with van der Waals surface area (Å²) in [4.78, 5) is 17.5. The number of benzene rings is 2. The molecule has 2 heterocycles. The van der Waals surface area contributed by atoms with Crippen LogP contribution < -0.4 is 10.1 Å². The van der Waals surface area contributed by atoms with E-state index in [1.807, 2.05) is 77.5 Å². The molecule has 3 aromatic rings. The average Bonchev–Trinajstić information content (AvgIpc) is 3.30. The quantitative estimate of drug-likeness (QED) is 0.556. The van der Waals surface area contributed by atoms with Crippen molar-refractivity contribution in [3.63, 3.8) is 0 Å². The number of nitrogens with one attached hydrogen (secondary N) is 1. The van der Waals surface area contributed by atoms with E-state index >= 15 is 0 Å². The van der Waals surface area contributed by atoms with E-state index < -0.39 is 0 Å². The summed E-state index contributed by atoms with van der Waals surface area (Å²) in [6.07, 6.45) is 3.85. The topological polar surface area (TPSA) is 55.6 Å². The number of rotatable bonds is 4. The minimum atomic E-state index is -0.152. The van der Waals surface area contributed by atoms with Crippen LogP contribution in [-0.2, 0) is 4.79 Å². The zero-order valence-corrected chi connectivity index (χ0v) is 17.3. The van der Waals surface area contributed by atoms with E-state index in [-0.39, 0.29) is 5.91 Å². The number of amidine groups is 1. The molecule has 0 aliphatic carbocycles. The molecule has 1 saturated heterocycles. The molecule has 28 heavy (non-hydrogen) atoms. The molecule has 0 saturated carbocycles. The van der Waals surface area contributed by atoms with Gasteiger partial charge in [0.2, 0.25) is 0 Å². The molecule has 5 nitrogen and oxygen atoms in total. The molecule has 140 valence electrons. The number of aliphatic imine (C=N–C) groups is 1. The normalized spacial score (nSPS) is 16.6. The summed E-state index contributed by atoms with van der Waals surface area (Å²) >= 11 is 4.78. The van der Waals surface area contributed by atoms with Crippen molar-refractivity contribution in [1.82, 2.24) is 9.88 Å². The van der Waals surface area contributed by atoms with E-state index in [9.17, 15) is 4.79 Å². The van der Waals surface area contributed by atoms with Crippen LogP contribution >= 0.6 is 27.7 Å². The fraction of sp³-hybridized carbons (Fsp3) is 0.0476. The van der Waals surface area contributed by atoms with Gasteiger partial charge in [0.15, 0.2) is 5.17 Å². The number of carbonyl (C=O) groups excluding carboxylic acids is 1. The van der Waals surface area contributed by atoms with Crippen molar-refractivity contribution in [2.75, 3.05) is 7.11 Å². The van der Waals surface area contributed by atoms with E-state index in [0.29, 0.717) is 10.1 Å². The maximum Gasteiger partial charge on any atom is 0.264 e. The lowest BCUT2D eigenvalue weighted by Gasteiger charge is -2.07. The number of amides is 1. The van der Waals surface area contributed by atoms with Crippen molar-refractivity contribution in [1.29, 1.82) is 0 Å². The Hall–Kier alpha value is -2.77. The summed E-state index contributed by atoms with van der Waals surface area (Å²) in [6.45, 7) is 0.